The Morgan fingerprint density at radius 3 is 1.83 bits per heavy atom. The molecular weight excluding hydrogens is 560 g/mol. The molecule has 9 aromatic rings. The molecule has 0 unspecified atom stereocenters. The number of rotatable bonds is 5. The van der Waals surface area contributed by atoms with Gasteiger partial charge in [0, 0.05) is 56.7 Å². The maximum atomic E-state index is 4.71. The van der Waals surface area contributed by atoms with E-state index in [0.29, 0.717) is 0 Å². The molecule has 0 aliphatic carbocycles. The normalized spacial score (nSPS) is 11.5. The van der Waals surface area contributed by atoms with E-state index in [2.05, 4.69) is 160 Å². The lowest BCUT2D eigenvalue weighted by molar-refractivity contribution is 1.18. The van der Waals surface area contributed by atoms with Crippen molar-refractivity contribution in [1.82, 2.24) is 14.5 Å². The summed E-state index contributed by atoms with van der Waals surface area (Å²) in [5.41, 5.74) is 11.0. The quantitative estimate of drug-likeness (QED) is 0.188. The van der Waals surface area contributed by atoms with E-state index in [4.69, 9.17) is 4.98 Å². The third-order valence-electron chi connectivity index (χ3n) is 8.84. The summed E-state index contributed by atoms with van der Waals surface area (Å²) < 4.78 is 2.37. The van der Waals surface area contributed by atoms with Gasteiger partial charge in [-0.2, -0.15) is 0 Å². The van der Waals surface area contributed by atoms with Gasteiger partial charge >= 0.3 is 0 Å². The number of benzene rings is 6. The third kappa shape index (κ3) is 4.23. The fraction of sp³-hybridized carbons (Fsp3) is 0. The zero-order valence-corrected chi connectivity index (χ0v) is 25.0. The smallest absolute Gasteiger partial charge is 0.0970 e. The van der Waals surface area contributed by atoms with Crippen molar-refractivity contribution in [2.24, 2.45) is 0 Å². The van der Waals surface area contributed by atoms with E-state index in [1.165, 1.54) is 21.8 Å². The minimum absolute atomic E-state index is 0.929. The predicted octanol–water partition coefficient (Wildman–Crippen LogP) is 11.0. The van der Waals surface area contributed by atoms with Crippen LogP contribution in [0.4, 0.5) is 17.1 Å². The summed E-state index contributed by atoms with van der Waals surface area (Å²) >= 11 is 0. The van der Waals surface area contributed by atoms with Gasteiger partial charge in [-0.15, -0.1) is 0 Å². The Kier molecular flexibility index (Phi) is 6.10. The lowest BCUT2D eigenvalue weighted by Crippen LogP contribution is -2.09. The van der Waals surface area contributed by atoms with E-state index in [0.717, 1.165) is 55.7 Å². The van der Waals surface area contributed by atoms with Crippen molar-refractivity contribution in [2.75, 3.05) is 4.90 Å². The van der Waals surface area contributed by atoms with Gasteiger partial charge in [-0.3, -0.25) is 9.97 Å². The van der Waals surface area contributed by atoms with Gasteiger partial charge in [0.15, 0.2) is 0 Å². The van der Waals surface area contributed by atoms with Crippen LogP contribution in [0.3, 0.4) is 0 Å². The number of aromatic nitrogens is 3. The second-order valence-corrected chi connectivity index (χ2v) is 11.5. The van der Waals surface area contributed by atoms with Crippen LogP contribution in [0.25, 0.3) is 60.4 Å². The first-order valence-corrected chi connectivity index (χ1v) is 15.5. The first-order chi connectivity index (χ1) is 22.8. The van der Waals surface area contributed by atoms with E-state index in [9.17, 15) is 0 Å². The maximum absolute atomic E-state index is 4.71. The molecule has 9 rings (SSSR count). The van der Waals surface area contributed by atoms with Crippen LogP contribution >= 0.6 is 0 Å². The van der Waals surface area contributed by atoms with Gasteiger partial charge in [0.25, 0.3) is 0 Å². The van der Waals surface area contributed by atoms with Crippen molar-refractivity contribution in [1.29, 1.82) is 0 Å². The Hall–Kier alpha value is -6.26. The van der Waals surface area contributed by atoms with Crippen LogP contribution in [0.15, 0.2) is 170 Å². The topological polar surface area (TPSA) is 34.0 Å². The largest absolute Gasteiger partial charge is 0.310 e. The molecule has 0 N–H and O–H groups in total. The number of hydrogen-bond donors (Lipinski definition) is 0. The first kappa shape index (κ1) is 26.2. The Labute approximate surface area is 266 Å². The molecule has 0 amide bonds. The van der Waals surface area contributed by atoms with Crippen LogP contribution in [0, 0.1) is 0 Å². The van der Waals surface area contributed by atoms with Crippen LogP contribution in [0.5, 0.6) is 0 Å². The molecule has 4 nitrogen and oxygen atoms in total. The maximum Gasteiger partial charge on any atom is 0.0970 e. The fourth-order valence-corrected chi connectivity index (χ4v) is 6.79. The van der Waals surface area contributed by atoms with Crippen LogP contribution in [-0.4, -0.2) is 14.5 Å². The van der Waals surface area contributed by atoms with E-state index in [-0.39, 0.29) is 0 Å². The molecule has 0 aliphatic heterocycles. The molecule has 6 aromatic carbocycles. The lowest BCUT2D eigenvalue weighted by Gasteiger charge is -2.25. The van der Waals surface area contributed by atoms with Crippen LogP contribution in [0.2, 0.25) is 0 Å². The molecule has 0 bridgehead atoms. The van der Waals surface area contributed by atoms with Crippen LogP contribution in [0.1, 0.15) is 0 Å². The molecule has 0 atom stereocenters. The van der Waals surface area contributed by atoms with Gasteiger partial charge in [-0.05, 0) is 90.0 Å². The molecule has 0 fully saturated rings. The molecule has 0 spiro atoms. The summed E-state index contributed by atoms with van der Waals surface area (Å²) in [7, 11) is 0. The highest BCUT2D eigenvalue weighted by Crippen LogP contribution is 2.40. The highest BCUT2D eigenvalue weighted by atomic mass is 15.1. The second kappa shape index (κ2) is 10.7. The molecule has 216 valence electrons. The van der Waals surface area contributed by atoms with E-state index < -0.39 is 0 Å². The molecule has 0 saturated heterocycles. The highest BCUT2D eigenvalue weighted by molar-refractivity contribution is 6.11. The van der Waals surface area contributed by atoms with Crippen molar-refractivity contribution in [2.45, 2.75) is 0 Å². The molecule has 0 aliphatic rings. The minimum Gasteiger partial charge on any atom is -0.310 e. The van der Waals surface area contributed by atoms with Crippen molar-refractivity contribution in [3.8, 4) is 16.8 Å². The number of para-hydroxylation sites is 3. The van der Waals surface area contributed by atoms with Crippen LogP contribution < -0.4 is 4.90 Å². The first-order valence-electron chi connectivity index (χ1n) is 15.5. The third-order valence-corrected chi connectivity index (χ3v) is 8.84. The Balaban J connectivity index is 1.19. The summed E-state index contributed by atoms with van der Waals surface area (Å²) in [6.45, 7) is 0. The fourth-order valence-electron chi connectivity index (χ4n) is 6.79. The number of anilines is 3. The number of fused-ring (bicyclic) bond motifs is 6. The zero-order valence-electron chi connectivity index (χ0n) is 25.0. The molecule has 3 heterocycles. The number of nitrogens with zero attached hydrogens (tertiary/aromatic N) is 4. The summed E-state index contributed by atoms with van der Waals surface area (Å²) in [5.74, 6) is 0. The van der Waals surface area contributed by atoms with Crippen molar-refractivity contribution >= 4 is 60.7 Å². The Morgan fingerprint density at radius 1 is 0.435 bits per heavy atom. The molecule has 3 aromatic heterocycles. The van der Waals surface area contributed by atoms with Gasteiger partial charge in [0.05, 0.1) is 22.1 Å². The summed E-state index contributed by atoms with van der Waals surface area (Å²) in [6, 6.07) is 56.0. The predicted molar refractivity (Wildman–Crippen MR) is 192 cm³/mol. The number of pyridine rings is 2. The average Bonchev–Trinajstić information content (AvgIpc) is 3.46. The van der Waals surface area contributed by atoms with Crippen molar-refractivity contribution in [3.63, 3.8) is 0 Å². The Bertz CT molecular complexity index is 2480. The van der Waals surface area contributed by atoms with Gasteiger partial charge < -0.3 is 9.47 Å². The van der Waals surface area contributed by atoms with E-state index in [1.807, 2.05) is 24.5 Å². The van der Waals surface area contributed by atoms with Crippen LogP contribution in [-0.2, 0) is 0 Å². The van der Waals surface area contributed by atoms with E-state index >= 15 is 0 Å². The molecule has 46 heavy (non-hydrogen) atoms. The average molecular weight is 589 g/mol. The molecule has 0 saturated carbocycles. The monoisotopic (exact) mass is 588 g/mol. The second-order valence-electron chi connectivity index (χ2n) is 11.5. The van der Waals surface area contributed by atoms with Gasteiger partial charge in [-0.25, -0.2) is 0 Å². The lowest BCUT2D eigenvalue weighted by atomic mass is 9.97. The van der Waals surface area contributed by atoms with E-state index in [1.54, 1.807) is 0 Å². The van der Waals surface area contributed by atoms with Gasteiger partial charge in [0.2, 0.25) is 0 Å². The zero-order chi connectivity index (χ0) is 30.5. The SMILES string of the molecule is c1ccc(N(c2ccccc2)c2ccc3c(c2)c2ccccc2n3-c2ccc(-c3cc4cccnc4c4ncccc34)cc2)cc1. The standard InChI is InChI=1S/C42H28N4/c1-3-12-31(13-4-1)45(32-14-5-2-6-15-32)34-23-24-40-38(28-34)35-16-7-8-18-39(35)46(40)33-21-19-29(20-22-33)37-27-30-11-9-25-43-41(30)42-36(37)17-10-26-44-42/h1-28H. The molecule has 0 radical (unpaired) electrons. The summed E-state index contributed by atoms with van der Waals surface area (Å²) in [6.07, 6.45) is 3.68. The van der Waals surface area contributed by atoms with Gasteiger partial charge in [0.1, 0.15) is 0 Å². The molecular formula is C42H28N4. The Morgan fingerprint density at radius 2 is 1.07 bits per heavy atom. The summed E-state index contributed by atoms with van der Waals surface area (Å²) in [4.78, 5) is 11.7. The minimum atomic E-state index is 0.929. The van der Waals surface area contributed by atoms with Crippen molar-refractivity contribution < 1.29 is 0 Å². The van der Waals surface area contributed by atoms with Gasteiger partial charge in [-0.1, -0.05) is 78.9 Å². The number of hydrogen-bond acceptors (Lipinski definition) is 3. The highest BCUT2D eigenvalue weighted by Gasteiger charge is 2.17. The molecule has 4 heteroatoms. The summed E-state index contributed by atoms with van der Waals surface area (Å²) in [5, 5.41) is 4.63. The van der Waals surface area contributed by atoms with Crippen molar-refractivity contribution in [3.05, 3.63) is 170 Å².